The Morgan fingerprint density at radius 3 is 2.61 bits per heavy atom. The van der Waals surface area contributed by atoms with Crippen molar-refractivity contribution in [2.45, 2.75) is 46.5 Å². The molecule has 0 spiro atoms. The summed E-state index contributed by atoms with van der Waals surface area (Å²) in [5.41, 5.74) is 0.954. The van der Waals surface area contributed by atoms with Crippen LogP contribution < -0.4 is 0 Å². The largest absolute Gasteiger partial charge is 0.458 e. The van der Waals surface area contributed by atoms with Gasteiger partial charge in [-0.1, -0.05) is 46.4 Å². The van der Waals surface area contributed by atoms with Gasteiger partial charge in [-0.05, 0) is 36.5 Å². The van der Waals surface area contributed by atoms with Crippen molar-refractivity contribution >= 4 is 5.97 Å². The van der Waals surface area contributed by atoms with E-state index in [1.807, 2.05) is 0 Å². The molecule has 0 saturated heterocycles. The quantitative estimate of drug-likeness (QED) is 0.426. The molecule has 0 aromatic rings. The minimum Gasteiger partial charge on any atom is -0.458 e. The van der Waals surface area contributed by atoms with Crippen molar-refractivity contribution in [3.63, 3.8) is 0 Å². The fourth-order valence-electron chi connectivity index (χ4n) is 2.69. The zero-order chi connectivity index (χ0) is 13.8. The van der Waals surface area contributed by atoms with Crippen LogP contribution in [0.4, 0.5) is 0 Å². The molecule has 2 atom stereocenters. The summed E-state index contributed by atoms with van der Waals surface area (Å²) >= 11 is 0. The van der Waals surface area contributed by atoms with Crippen molar-refractivity contribution in [3.05, 3.63) is 24.8 Å². The lowest BCUT2D eigenvalue weighted by Crippen LogP contribution is -2.29. The van der Waals surface area contributed by atoms with Crippen molar-refractivity contribution in [1.29, 1.82) is 0 Å². The number of hydrogen-bond donors (Lipinski definition) is 0. The molecule has 1 saturated carbocycles. The van der Waals surface area contributed by atoms with Crippen LogP contribution >= 0.6 is 0 Å². The molecular weight excluding hydrogens is 224 g/mol. The molecule has 102 valence electrons. The average Bonchev–Trinajstić information content (AvgIpc) is 2.34. The average molecular weight is 250 g/mol. The number of esters is 1. The van der Waals surface area contributed by atoms with Crippen molar-refractivity contribution < 1.29 is 9.53 Å². The van der Waals surface area contributed by atoms with Crippen LogP contribution in [0.1, 0.15) is 46.5 Å². The second-order valence-corrected chi connectivity index (χ2v) is 6.34. The second-order valence-electron chi connectivity index (χ2n) is 6.34. The highest BCUT2D eigenvalue weighted by Crippen LogP contribution is 2.42. The molecule has 1 rings (SSSR count). The van der Waals surface area contributed by atoms with Gasteiger partial charge in [0.1, 0.15) is 6.61 Å². The fourth-order valence-corrected chi connectivity index (χ4v) is 2.69. The highest BCUT2D eigenvalue weighted by molar-refractivity contribution is 5.88. The van der Waals surface area contributed by atoms with E-state index in [2.05, 4.69) is 33.9 Å². The van der Waals surface area contributed by atoms with E-state index in [1.165, 1.54) is 12.8 Å². The van der Waals surface area contributed by atoms with E-state index >= 15 is 0 Å². The Bertz CT molecular complexity index is 322. The van der Waals surface area contributed by atoms with E-state index in [0.29, 0.717) is 22.8 Å². The van der Waals surface area contributed by atoms with Gasteiger partial charge < -0.3 is 4.74 Å². The molecule has 2 heteroatoms. The van der Waals surface area contributed by atoms with Gasteiger partial charge in [0, 0.05) is 5.57 Å². The monoisotopic (exact) mass is 250 g/mol. The van der Waals surface area contributed by atoms with Crippen molar-refractivity contribution in [2.24, 2.45) is 17.3 Å². The molecule has 0 amide bonds. The first-order valence-corrected chi connectivity index (χ1v) is 6.83. The minimum absolute atomic E-state index is 0.255. The first kappa shape index (κ1) is 15.0. The lowest BCUT2D eigenvalue weighted by Gasteiger charge is -2.37. The second kappa shape index (κ2) is 6.21. The Labute approximate surface area is 111 Å². The van der Waals surface area contributed by atoms with Crippen LogP contribution in [-0.4, -0.2) is 12.6 Å². The molecule has 0 N–H and O–H groups in total. The van der Waals surface area contributed by atoms with E-state index < -0.39 is 0 Å². The smallest absolute Gasteiger partial charge is 0.333 e. The Hall–Kier alpha value is -1.05. The number of carbonyl (C=O) groups excluding carboxylic acids is 1. The summed E-state index contributed by atoms with van der Waals surface area (Å²) in [7, 11) is 0. The number of rotatable bonds is 4. The standard InChI is InChI=1S/C16H26O2/c1-6-10-18-15(17)12(2)13-8-7-9-14(11-13)16(3,4)5/h6,13-14H,1-2,7-11H2,3-5H3. The first-order chi connectivity index (χ1) is 8.36. The Morgan fingerprint density at radius 1 is 1.39 bits per heavy atom. The van der Waals surface area contributed by atoms with Crippen molar-refractivity contribution in [1.82, 2.24) is 0 Å². The third-order valence-corrected chi connectivity index (χ3v) is 3.99. The fraction of sp³-hybridized carbons (Fsp3) is 0.688. The van der Waals surface area contributed by atoms with Gasteiger partial charge in [0.15, 0.2) is 0 Å². The van der Waals surface area contributed by atoms with Gasteiger partial charge in [-0.15, -0.1) is 0 Å². The van der Waals surface area contributed by atoms with E-state index in [9.17, 15) is 4.79 Å². The number of ether oxygens (including phenoxy) is 1. The summed E-state index contributed by atoms with van der Waals surface area (Å²) in [5, 5.41) is 0. The molecule has 0 bridgehead atoms. The molecule has 2 unspecified atom stereocenters. The van der Waals surface area contributed by atoms with Crippen LogP contribution in [0.25, 0.3) is 0 Å². The maximum absolute atomic E-state index is 11.8. The SMILES string of the molecule is C=CCOC(=O)C(=C)C1CCCC(C(C)(C)C)C1. The summed E-state index contributed by atoms with van der Waals surface area (Å²) in [6.45, 7) is 14.6. The lowest BCUT2D eigenvalue weighted by atomic mass is 9.68. The van der Waals surface area contributed by atoms with Gasteiger partial charge >= 0.3 is 5.97 Å². The zero-order valence-corrected chi connectivity index (χ0v) is 12.0. The van der Waals surface area contributed by atoms with E-state index in [0.717, 1.165) is 12.8 Å². The Kier molecular flexibility index (Phi) is 5.18. The van der Waals surface area contributed by atoms with Gasteiger partial charge in [0.2, 0.25) is 0 Å². The van der Waals surface area contributed by atoms with Crippen LogP contribution in [0.5, 0.6) is 0 Å². The molecule has 2 nitrogen and oxygen atoms in total. The zero-order valence-electron chi connectivity index (χ0n) is 12.0. The summed E-state index contributed by atoms with van der Waals surface area (Å²) in [4.78, 5) is 11.8. The minimum atomic E-state index is -0.255. The summed E-state index contributed by atoms with van der Waals surface area (Å²) in [5.74, 6) is 0.704. The highest BCUT2D eigenvalue weighted by atomic mass is 16.5. The summed E-state index contributed by atoms with van der Waals surface area (Å²) in [6, 6.07) is 0. The molecule has 18 heavy (non-hydrogen) atoms. The maximum Gasteiger partial charge on any atom is 0.333 e. The van der Waals surface area contributed by atoms with Crippen molar-refractivity contribution in [2.75, 3.05) is 6.61 Å². The van der Waals surface area contributed by atoms with Gasteiger partial charge in [-0.25, -0.2) is 4.79 Å². The molecule has 1 aliphatic rings. The van der Waals surface area contributed by atoms with Crippen LogP contribution in [0.3, 0.4) is 0 Å². The number of carbonyl (C=O) groups is 1. The molecule has 0 aliphatic heterocycles. The molecule has 0 heterocycles. The van der Waals surface area contributed by atoms with Gasteiger partial charge in [0.05, 0.1) is 0 Å². The van der Waals surface area contributed by atoms with E-state index in [-0.39, 0.29) is 12.6 Å². The predicted molar refractivity (Wildman–Crippen MR) is 75.2 cm³/mol. The third kappa shape index (κ3) is 4.01. The third-order valence-electron chi connectivity index (χ3n) is 3.99. The molecule has 1 aliphatic carbocycles. The lowest BCUT2D eigenvalue weighted by molar-refractivity contribution is -0.138. The van der Waals surface area contributed by atoms with Gasteiger partial charge in [-0.3, -0.25) is 0 Å². The number of hydrogen-bond acceptors (Lipinski definition) is 2. The van der Waals surface area contributed by atoms with Crippen LogP contribution in [0, 0.1) is 17.3 Å². The van der Waals surface area contributed by atoms with Crippen molar-refractivity contribution in [3.8, 4) is 0 Å². The Morgan fingerprint density at radius 2 is 2.06 bits per heavy atom. The molecule has 1 fully saturated rings. The van der Waals surface area contributed by atoms with E-state index in [1.54, 1.807) is 6.08 Å². The Balaban J connectivity index is 2.58. The highest BCUT2D eigenvalue weighted by Gasteiger charge is 2.33. The molecule has 0 aromatic carbocycles. The molecule has 0 aromatic heterocycles. The topological polar surface area (TPSA) is 26.3 Å². The summed E-state index contributed by atoms with van der Waals surface area (Å²) in [6.07, 6.45) is 6.15. The molecular formula is C16H26O2. The van der Waals surface area contributed by atoms with Gasteiger partial charge in [-0.2, -0.15) is 0 Å². The van der Waals surface area contributed by atoms with Crippen LogP contribution in [0.15, 0.2) is 24.8 Å². The maximum atomic E-state index is 11.8. The first-order valence-electron chi connectivity index (χ1n) is 6.83. The van der Waals surface area contributed by atoms with E-state index in [4.69, 9.17) is 4.74 Å². The summed E-state index contributed by atoms with van der Waals surface area (Å²) < 4.78 is 5.07. The van der Waals surface area contributed by atoms with Crippen LogP contribution in [0.2, 0.25) is 0 Å². The molecule has 0 radical (unpaired) electrons. The predicted octanol–water partition coefficient (Wildman–Crippen LogP) is 4.12. The van der Waals surface area contributed by atoms with Gasteiger partial charge in [0.25, 0.3) is 0 Å². The van der Waals surface area contributed by atoms with Crippen LogP contribution in [-0.2, 0) is 9.53 Å². The normalized spacial score (nSPS) is 24.4.